The number of carbonyl (C=O) groups excluding carboxylic acids is 1. The molecule has 27 heavy (non-hydrogen) atoms. The van der Waals surface area contributed by atoms with E-state index >= 15 is 0 Å². The van der Waals surface area contributed by atoms with E-state index < -0.39 is 6.10 Å². The molecule has 1 aliphatic carbocycles. The maximum Gasteiger partial charge on any atom is 0.263 e. The normalized spacial score (nSPS) is 18.0. The molecule has 4 nitrogen and oxygen atoms in total. The van der Waals surface area contributed by atoms with E-state index in [1.54, 1.807) is 0 Å². The molecule has 0 bridgehead atoms. The molecule has 0 radical (unpaired) electrons. The molecular weight excluding hydrogens is 336 g/mol. The Morgan fingerprint density at radius 2 is 1.63 bits per heavy atom. The van der Waals surface area contributed by atoms with E-state index in [4.69, 9.17) is 4.74 Å². The fourth-order valence-electron chi connectivity index (χ4n) is 4.12. The first-order chi connectivity index (χ1) is 13.2. The lowest BCUT2D eigenvalue weighted by Crippen LogP contribution is -2.52. The van der Waals surface area contributed by atoms with Crippen LogP contribution in [0.25, 0.3) is 0 Å². The van der Waals surface area contributed by atoms with Crippen LogP contribution >= 0.6 is 0 Å². The molecule has 1 heterocycles. The Hall–Kier alpha value is -2.49. The third kappa shape index (κ3) is 4.10. The predicted molar refractivity (Wildman–Crippen MR) is 108 cm³/mol. The van der Waals surface area contributed by atoms with Crippen LogP contribution in [0.1, 0.15) is 30.9 Å². The molecule has 2 aromatic carbocycles. The molecule has 1 aliphatic heterocycles. The van der Waals surface area contributed by atoms with Gasteiger partial charge in [0, 0.05) is 31.9 Å². The molecule has 1 fully saturated rings. The highest BCUT2D eigenvalue weighted by Gasteiger charge is 2.26. The van der Waals surface area contributed by atoms with Gasteiger partial charge in [-0.05, 0) is 68.0 Å². The van der Waals surface area contributed by atoms with Gasteiger partial charge < -0.3 is 14.5 Å². The van der Waals surface area contributed by atoms with E-state index in [0.717, 1.165) is 44.8 Å². The van der Waals surface area contributed by atoms with Gasteiger partial charge in [-0.3, -0.25) is 4.79 Å². The second kappa shape index (κ2) is 8.03. The van der Waals surface area contributed by atoms with Crippen molar-refractivity contribution in [2.45, 2.75) is 38.7 Å². The summed E-state index contributed by atoms with van der Waals surface area (Å²) in [5, 5.41) is 0. The predicted octanol–water partition coefficient (Wildman–Crippen LogP) is 3.68. The molecule has 4 heteroatoms. The Balaban J connectivity index is 1.33. The number of anilines is 1. The fraction of sp³-hybridized carbons (Fsp3) is 0.435. The van der Waals surface area contributed by atoms with Crippen LogP contribution < -0.4 is 9.64 Å². The first-order valence-electron chi connectivity index (χ1n) is 10.1. The van der Waals surface area contributed by atoms with Gasteiger partial charge in [0.25, 0.3) is 5.91 Å². The molecule has 0 saturated carbocycles. The first kappa shape index (κ1) is 17.9. The highest BCUT2D eigenvalue weighted by atomic mass is 16.5. The number of amides is 1. The van der Waals surface area contributed by atoms with Gasteiger partial charge in [0.15, 0.2) is 6.10 Å². The van der Waals surface area contributed by atoms with Crippen LogP contribution in [0.2, 0.25) is 0 Å². The Morgan fingerprint density at radius 3 is 2.37 bits per heavy atom. The van der Waals surface area contributed by atoms with E-state index in [2.05, 4.69) is 41.3 Å². The molecule has 1 saturated heterocycles. The highest BCUT2D eigenvalue weighted by molar-refractivity contribution is 5.81. The van der Waals surface area contributed by atoms with Gasteiger partial charge in [-0.25, -0.2) is 0 Å². The van der Waals surface area contributed by atoms with Crippen LogP contribution in [0.4, 0.5) is 5.69 Å². The molecule has 4 rings (SSSR count). The van der Waals surface area contributed by atoms with Gasteiger partial charge in [-0.15, -0.1) is 0 Å². The third-order valence-corrected chi connectivity index (χ3v) is 5.69. The second-order valence-electron chi connectivity index (χ2n) is 7.55. The summed E-state index contributed by atoms with van der Waals surface area (Å²) in [6.45, 7) is 5.07. The number of carbonyl (C=O) groups is 1. The van der Waals surface area contributed by atoms with E-state index in [0.29, 0.717) is 0 Å². The number of fused-ring (bicyclic) bond motifs is 1. The molecular formula is C23H28N2O2. The molecule has 0 N–H and O–H groups in total. The average Bonchev–Trinajstić information content (AvgIpc) is 2.74. The van der Waals surface area contributed by atoms with Crippen LogP contribution in [-0.2, 0) is 17.6 Å². The van der Waals surface area contributed by atoms with Crippen LogP contribution in [0.15, 0.2) is 48.5 Å². The number of hydrogen-bond donors (Lipinski definition) is 0. The topological polar surface area (TPSA) is 32.8 Å². The van der Waals surface area contributed by atoms with Crippen molar-refractivity contribution < 1.29 is 9.53 Å². The van der Waals surface area contributed by atoms with E-state index in [-0.39, 0.29) is 5.91 Å². The molecule has 1 amide bonds. The minimum absolute atomic E-state index is 0.0837. The Kier molecular flexibility index (Phi) is 5.33. The zero-order valence-electron chi connectivity index (χ0n) is 16.1. The van der Waals surface area contributed by atoms with Gasteiger partial charge in [-0.1, -0.05) is 24.3 Å². The summed E-state index contributed by atoms with van der Waals surface area (Å²) in [5.41, 5.74) is 4.04. The van der Waals surface area contributed by atoms with Crippen molar-refractivity contribution >= 4 is 11.6 Å². The number of aryl methyl sites for hydroxylation is 2. The van der Waals surface area contributed by atoms with Gasteiger partial charge >= 0.3 is 0 Å². The lowest BCUT2D eigenvalue weighted by atomic mass is 9.92. The van der Waals surface area contributed by atoms with Crippen LogP contribution in [0.5, 0.6) is 5.75 Å². The van der Waals surface area contributed by atoms with Crippen molar-refractivity contribution in [2.75, 3.05) is 31.1 Å². The number of ether oxygens (including phenoxy) is 1. The average molecular weight is 364 g/mol. The summed E-state index contributed by atoms with van der Waals surface area (Å²) in [6, 6.07) is 16.7. The minimum Gasteiger partial charge on any atom is -0.481 e. The number of para-hydroxylation sites is 1. The third-order valence-electron chi connectivity index (χ3n) is 5.69. The highest BCUT2D eigenvalue weighted by Crippen LogP contribution is 2.26. The number of benzene rings is 2. The molecule has 0 unspecified atom stereocenters. The summed E-state index contributed by atoms with van der Waals surface area (Å²) in [5.74, 6) is 0.903. The Morgan fingerprint density at radius 1 is 0.926 bits per heavy atom. The smallest absolute Gasteiger partial charge is 0.263 e. The standard InChI is InChI=1S/C23H28N2O2/c1-18(27-22-12-11-19-7-5-6-8-20(19)17-22)23(26)25-15-13-24(14-16-25)21-9-3-2-4-10-21/h2-4,9-12,17-18H,5-8,13-16H2,1H3/t18-/m0/s1. The van der Waals surface area contributed by atoms with Crippen molar-refractivity contribution in [3.05, 3.63) is 59.7 Å². The molecule has 0 spiro atoms. The summed E-state index contributed by atoms with van der Waals surface area (Å²) < 4.78 is 6.00. The first-order valence-corrected chi connectivity index (χ1v) is 10.1. The van der Waals surface area contributed by atoms with Gasteiger partial charge in [0.2, 0.25) is 0 Å². The number of piperazine rings is 1. The molecule has 2 aliphatic rings. The van der Waals surface area contributed by atoms with Gasteiger partial charge in [0.1, 0.15) is 5.75 Å². The Labute approximate surface area is 161 Å². The van der Waals surface area contributed by atoms with Crippen LogP contribution in [0.3, 0.4) is 0 Å². The molecule has 0 aromatic heterocycles. The van der Waals surface area contributed by atoms with Gasteiger partial charge in [-0.2, -0.15) is 0 Å². The summed E-state index contributed by atoms with van der Waals surface area (Å²) in [4.78, 5) is 17.1. The van der Waals surface area contributed by atoms with Crippen molar-refractivity contribution in [3.63, 3.8) is 0 Å². The zero-order valence-corrected chi connectivity index (χ0v) is 16.1. The number of hydrogen-bond acceptors (Lipinski definition) is 3. The maximum absolute atomic E-state index is 12.8. The maximum atomic E-state index is 12.8. The Bertz CT molecular complexity index is 782. The second-order valence-corrected chi connectivity index (χ2v) is 7.55. The van der Waals surface area contributed by atoms with Crippen LogP contribution in [0, 0.1) is 0 Å². The molecule has 142 valence electrons. The largest absolute Gasteiger partial charge is 0.481 e. The molecule has 2 aromatic rings. The SMILES string of the molecule is C[C@H](Oc1ccc2c(c1)CCCC2)C(=O)N1CCN(c2ccccc2)CC1. The summed E-state index contributed by atoms with van der Waals surface area (Å²) in [7, 11) is 0. The van der Waals surface area contributed by atoms with E-state index in [1.165, 1.54) is 29.7 Å². The quantitative estimate of drug-likeness (QED) is 0.830. The monoisotopic (exact) mass is 364 g/mol. The lowest BCUT2D eigenvalue weighted by Gasteiger charge is -2.37. The van der Waals surface area contributed by atoms with Crippen molar-refractivity contribution in [1.82, 2.24) is 4.90 Å². The number of rotatable bonds is 4. The molecule has 1 atom stereocenters. The van der Waals surface area contributed by atoms with Crippen molar-refractivity contribution in [3.8, 4) is 5.75 Å². The van der Waals surface area contributed by atoms with E-state index in [1.807, 2.05) is 24.0 Å². The minimum atomic E-state index is -0.449. The fourth-order valence-corrected chi connectivity index (χ4v) is 4.12. The summed E-state index contributed by atoms with van der Waals surface area (Å²) >= 11 is 0. The summed E-state index contributed by atoms with van der Waals surface area (Å²) in [6.07, 6.45) is 4.36. The van der Waals surface area contributed by atoms with Crippen molar-refractivity contribution in [2.24, 2.45) is 0 Å². The van der Waals surface area contributed by atoms with Crippen LogP contribution in [-0.4, -0.2) is 43.1 Å². The van der Waals surface area contributed by atoms with Crippen molar-refractivity contribution in [1.29, 1.82) is 0 Å². The number of nitrogens with zero attached hydrogens (tertiary/aromatic N) is 2. The van der Waals surface area contributed by atoms with E-state index in [9.17, 15) is 4.79 Å². The van der Waals surface area contributed by atoms with Gasteiger partial charge in [0.05, 0.1) is 0 Å². The zero-order chi connectivity index (χ0) is 18.6. The lowest BCUT2D eigenvalue weighted by molar-refractivity contribution is -0.138.